The Kier molecular flexibility index (Phi) is 3.22. The zero-order valence-electron chi connectivity index (χ0n) is 8.01. The van der Waals surface area contributed by atoms with Crippen LogP contribution in [-0.2, 0) is 4.57 Å². The molecule has 0 aliphatic heterocycles. The van der Waals surface area contributed by atoms with Crippen LogP contribution in [0.1, 0.15) is 41.0 Å². The van der Waals surface area contributed by atoms with Gasteiger partial charge in [0.15, 0.2) is 5.16 Å². The van der Waals surface area contributed by atoms with Crippen molar-refractivity contribution in [1.29, 1.82) is 0 Å². The van der Waals surface area contributed by atoms with E-state index in [1.165, 1.54) is 0 Å². The second kappa shape index (κ2) is 3.20. The summed E-state index contributed by atoms with van der Waals surface area (Å²) in [5.74, 6) is 0. The van der Waals surface area contributed by atoms with E-state index in [0.717, 1.165) is 6.42 Å². The molecule has 0 heterocycles. The second-order valence-corrected chi connectivity index (χ2v) is 6.58. The summed E-state index contributed by atoms with van der Waals surface area (Å²) in [5, 5.41) is -0.451. The van der Waals surface area contributed by atoms with Crippen LogP contribution in [-0.4, -0.2) is 10.0 Å². The van der Waals surface area contributed by atoms with E-state index in [1.807, 2.05) is 13.8 Å². The Hall–Kier alpha value is 0.0600. The van der Waals surface area contributed by atoms with Crippen molar-refractivity contribution in [2.45, 2.75) is 46.2 Å². The van der Waals surface area contributed by atoms with Crippen LogP contribution in [0.4, 0.5) is 0 Å². The first-order valence-electron chi connectivity index (χ1n) is 3.81. The van der Waals surface area contributed by atoms with Crippen molar-refractivity contribution in [2.24, 2.45) is 5.41 Å². The van der Waals surface area contributed by atoms with E-state index in [2.05, 4.69) is 20.8 Å². The third kappa shape index (κ3) is 4.49. The van der Waals surface area contributed by atoms with E-state index in [0.29, 0.717) is 0 Å². The Morgan fingerprint density at radius 2 is 1.55 bits per heavy atom. The van der Waals surface area contributed by atoms with E-state index in [1.54, 1.807) is 0 Å². The van der Waals surface area contributed by atoms with Crippen LogP contribution in [0.25, 0.3) is 0 Å². The van der Waals surface area contributed by atoms with E-state index in [-0.39, 0.29) is 5.41 Å². The summed E-state index contributed by atoms with van der Waals surface area (Å²) in [6.45, 7) is 9.89. The van der Waals surface area contributed by atoms with Crippen LogP contribution in [0, 0.1) is 5.41 Å². The van der Waals surface area contributed by atoms with Gasteiger partial charge < -0.3 is 0 Å². The Bertz CT molecular complexity index is 156. The monoisotopic (exact) mass is 177 g/mol. The predicted octanol–water partition coefficient (Wildman–Crippen LogP) is 2.94. The average Bonchev–Trinajstić information content (AvgIpc) is 1.56. The first-order chi connectivity index (χ1) is 4.65. The highest BCUT2D eigenvalue weighted by molar-refractivity contribution is 7.39. The maximum atomic E-state index is 10.8. The molecule has 0 aromatic heterocycles. The van der Waals surface area contributed by atoms with Crippen LogP contribution >= 0.6 is 8.03 Å². The van der Waals surface area contributed by atoms with Crippen LogP contribution in [0.2, 0.25) is 0 Å². The Labute approximate surface area is 69.9 Å². The topological polar surface area (TPSA) is 37.3 Å². The number of hydrogen-bond acceptors (Lipinski definition) is 1. The molecule has 0 aromatic carbocycles. The fraction of sp³-hybridized carbons (Fsp3) is 1.00. The molecule has 0 aromatic rings. The predicted molar refractivity (Wildman–Crippen MR) is 48.0 cm³/mol. The lowest BCUT2D eigenvalue weighted by molar-refractivity contribution is 0.319. The highest BCUT2D eigenvalue weighted by Gasteiger charge is 2.42. The fourth-order valence-electron chi connectivity index (χ4n) is 1.37. The molecular formula is C8H18O2P+. The molecule has 0 bridgehead atoms. The van der Waals surface area contributed by atoms with Crippen LogP contribution < -0.4 is 0 Å². The minimum absolute atomic E-state index is 0.122. The molecule has 3 heteroatoms. The summed E-state index contributed by atoms with van der Waals surface area (Å²) in [4.78, 5) is 8.95. The molecule has 66 valence electrons. The molecule has 0 spiro atoms. The van der Waals surface area contributed by atoms with Gasteiger partial charge in [-0.05, 0) is 23.8 Å². The highest BCUT2D eigenvalue weighted by Crippen LogP contribution is 2.42. The van der Waals surface area contributed by atoms with Gasteiger partial charge in [0.2, 0.25) is 0 Å². The quantitative estimate of drug-likeness (QED) is 0.658. The smallest absolute Gasteiger partial charge is 0.160 e. The number of hydrogen-bond donors (Lipinski definition) is 1. The van der Waals surface area contributed by atoms with Crippen molar-refractivity contribution in [1.82, 2.24) is 0 Å². The van der Waals surface area contributed by atoms with Crippen LogP contribution in [0.15, 0.2) is 0 Å². The SMILES string of the molecule is CC(C)(C)CC(C)(C)[P+](=O)O. The Balaban J connectivity index is 4.25. The molecule has 0 rings (SSSR count). The van der Waals surface area contributed by atoms with Gasteiger partial charge >= 0.3 is 8.03 Å². The molecule has 0 aliphatic rings. The first-order valence-corrected chi connectivity index (χ1v) is 5.03. The van der Waals surface area contributed by atoms with Gasteiger partial charge in [-0.15, -0.1) is 0 Å². The molecule has 0 radical (unpaired) electrons. The lowest BCUT2D eigenvalue weighted by Gasteiger charge is -2.22. The van der Waals surface area contributed by atoms with Crippen molar-refractivity contribution < 1.29 is 9.46 Å². The molecule has 1 unspecified atom stereocenters. The highest BCUT2D eigenvalue weighted by atomic mass is 31.1. The van der Waals surface area contributed by atoms with E-state index >= 15 is 0 Å². The van der Waals surface area contributed by atoms with Gasteiger partial charge in [0.1, 0.15) is 0 Å². The maximum absolute atomic E-state index is 10.8. The van der Waals surface area contributed by atoms with Gasteiger partial charge in [-0.2, -0.15) is 4.89 Å². The average molecular weight is 177 g/mol. The molecule has 0 saturated heterocycles. The standard InChI is InChI=1S/C8H17O2P/c1-7(2,3)6-8(4,5)11(9)10/h6H2,1-5H3/p+1. The van der Waals surface area contributed by atoms with Crippen molar-refractivity contribution in [3.05, 3.63) is 0 Å². The second-order valence-electron chi connectivity index (χ2n) is 4.82. The van der Waals surface area contributed by atoms with Crippen molar-refractivity contribution in [3.8, 4) is 0 Å². The Morgan fingerprint density at radius 3 is 1.64 bits per heavy atom. The first kappa shape index (κ1) is 11.1. The molecule has 0 saturated carbocycles. The third-order valence-corrected chi connectivity index (χ3v) is 2.67. The van der Waals surface area contributed by atoms with Crippen LogP contribution in [0.5, 0.6) is 0 Å². The molecule has 11 heavy (non-hydrogen) atoms. The largest absolute Gasteiger partial charge is 0.511 e. The summed E-state index contributed by atoms with van der Waals surface area (Å²) in [6, 6.07) is 0. The van der Waals surface area contributed by atoms with E-state index < -0.39 is 13.2 Å². The number of rotatable bonds is 2. The summed E-state index contributed by atoms with van der Waals surface area (Å²) in [6.07, 6.45) is 0.770. The molecule has 2 nitrogen and oxygen atoms in total. The lowest BCUT2D eigenvalue weighted by Crippen LogP contribution is -2.23. The minimum Gasteiger partial charge on any atom is -0.160 e. The summed E-state index contributed by atoms with van der Waals surface area (Å²) in [5.41, 5.74) is 0.122. The van der Waals surface area contributed by atoms with Crippen molar-refractivity contribution in [3.63, 3.8) is 0 Å². The molecule has 0 aliphatic carbocycles. The van der Waals surface area contributed by atoms with Gasteiger partial charge in [-0.1, -0.05) is 20.8 Å². The van der Waals surface area contributed by atoms with Gasteiger partial charge in [-0.25, -0.2) is 0 Å². The van der Waals surface area contributed by atoms with Gasteiger partial charge in [-0.3, -0.25) is 0 Å². The summed E-state index contributed by atoms with van der Waals surface area (Å²) < 4.78 is 10.8. The molecule has 0 fully saturated rings. The summed E-state index contributed by atoms with van der Waals surface area (Å²) >= 11 is 0. The van der Waals surface area contributed by atoms with Crippen molar-refractivity contribution in [2.75, 3.05) is 0 Å². The fourth-order valence-corrected chi connectivity index (χ4v) is 1.98. The van der Waals surface area contributed by atoms with Gasteiger partial charge in [0.05, 0.1) is 0 Å². The third-order valence-electron chi connectivity index (χ3n) is 1.48. The van der Waals surface area contributed by atoms with Crippen molar-refractivity contribution >= 4 is 8.03 Å². The van der Waals surface area contributed by atoms with Crippen LogP contribution in [0.3, 0.4) is 0 Å². The van der Waals surface area contributed by atoms with Gasteiger partial charge in [0, 0.05) is 6.42 Å². The minimum atomic E-state index is -2.06. The summed E-state index contributed by atoms with van der Waals surface area (Å²) in [7, 11) is -2.06. The molecular weight excluding hydrogens is 159 g/mol. The Morgan fingerprint density at radius 1 is 1.18 bits per heavy atom. The molecule has 0 amide bonds. The lowest BCUT2D eigenvalue weighted by atomic mass is 9.86. The maximum Gasteiger partial charge on any atom is 0.511 e. The molecule has 1 atom stereocenters. The van der Waals surface area contributed by atoms with Gasteiger partial charge in [0.25, 0.3) is 0 Å². The molecule has 1 N–H and O–H groups in total. The van der Waals surface area contributed by atoms with E-state index in [4.69, 9.17) is 4.89 Å². The normalized spacial score (nSPS) is 14.9. The zero-order chi connectivity index (χ0) is 9.28. The zero-order valence-corrected chi connectivity index (χ0v) is 8.90. The van der Waals surface area contributed by atoms with E-state index in [9.17, 15) is 4.57 Å².